The predicted octanol–water partition coefficient (Wildman–Crippen LogP) is 4.72. The third-order valence-corrected chi connectivity index (χ3v) is 5.94. The lowest BCUT2D eigenvalue weighted by Gasteiger charge is -2.11. The van der Waals surface area contributed by atoms with Crippen LogP contribution in [-0.2, 0) is 6.42 Å². The molecule has 0 aliphatic rings. The maximum Gasteiger partial charge on any atom is 0.353 e. The van der Waals surface area contributed by atoms with Crippen LogP contribution in [0, 0.1) is 17.0 Å². The van der Waals surface area contributed by atoms with Crippen LogP contribution in [0.25, 0.3) is 10.2 Å². The van der Waals surface area contributed by atoms with E-state index in [0.717, 1.165) is 21.3 Å². The number of rotatable bonds is 9. The summed E-state index contributed by atoms with van der Waals surface area (Å²) >= 11 is 1.41. The number of ether oxygens (including phenoxy) is 2. The van der Waals surface area contributed by atoms with Crippen LogP contribution in [0.1, 0.15) is 11.1 Å². The number of hydrogen-bond donors (Lipinski definition) is 2. The molecule has 11 heteroatoms. The van der Waals surface area contributed by atoms with Gasteiger partial charge in [-0.25, -0.2) is 15.0 Å². The minimum Gasteiger partial charge on any atom is -0.493 e. The SMILES string of the molecule is COc1ccc(CCNc2ncnc(Nc3nc4c(C)cccc4s3)c2[N+](=O)[O-])cc1OC. The highest BCUT2D eigenvalue weighted by atomic mass is 32.1. The molecule has 0 atom stereocenters. The molecule has 0 spiro atoms. The molecule has 2 aromatic carbocycles. The van der Waals surface area contributed by atoms with E-state index < -0.39 is 4.92 Å². The Morgan fingerprint density at radius 3 is 2.61 bits per heavy atom. The molecule has 2 aromatic heterocycles. The van der Waals surface area contributed by atoms with Crippen LogP contribution >= 0.6 is 11.3 Å². The third kappa shape index (κ3) is 4.77. The molecular weight excluding hydrogens is 444 g/mol. The molecule has 33 heavy (non-hydrogen) atoms. The summed E-state index contributed by atoms with van der Waals surface area (Å²) in [6.07, 6.45) is 1.88. The van der Waals surface area contributed by atoms with E-state index in [1.165, 1.54) is 17.7 Å². The summed E-state index contributed by atoms with van der Waals surface area (Å²) in [6.45, 7) is 2.40. The number of aryl methyl sites for hydroxylation is 1. The second-order valence-electron chi connectivity index (χ2n) is 7.11. The van der Waals surface area contributed by atoms with Gasteiger partial charge in [-0.15, -0.1) is 0 Å². The lowest BCUT2D eigenvalue weighted by molar-refractivity contribution is -0.383. The molecule has 0 fully saturated rings. The standard InChI is InChI=1S/C22H22N6O4S/c1-13-5-4-6-17-18(13)26-22(33-17)27-21-19(28(29)30)20(24-12-25-21)23-10-9-14-7-8-15(31-2)16(11-14)32-3/h4-8,11-12H,9-10H2,1-3H3,(H2,23,24,25,26,27). The van der Waals surface area contributed by atoms with E-state index in [4.69, 9.17) is 9.47 Å². The molecule has 0 radical (unpaired) electrons. The van der Waals surface area contributed by atoms with Crippen LogP contribution < -0.4 is 20.1 Å². The molecule has 0 bridgehead atoms. The summed E-state index contributed by atoms with van der Waals surface area (Å²) in [5.74, 6) is 1.48. The van der Waals surface area contributed by atoms with Gasteiger partial charge in [-0.1, -0.05) is 29.5 Å². The summed E-state index contributed by atoms with van der Waals surface area (Å²) in [5.41, 5.74) is 2.64. The summed E-state index contributed by atoms with van der Waals surface area (Å²) in [6, 6.07) is 11.5. The third-order valence-electron chi connectivity index (χ3n) is 5.00. The summed E-state index contributed by atoms with van der Waals surface area (Å²) in [4.78, 5) is 24.1. The molecule has 0 saturated heterocycles. The molecule has 0 amide bonds. The van der Waals surface area contributed by atoms with E-state index in [1.54, 1.807) is 14.2 Å². The Labute approximate surface area is 193 Å². The van der Waals surface area contributed by atoms with Crippen molar-refractivity contribution in [3.05, 3.63) is 64.0 Å². The van der Waals surface area contributed by atoms with E-state index in [1.807, 2.05) is 43.3 Å². The number of thiazole rings is 1. The van der Waals surface area contributed by atoms with E-state index >= 15 is 0 Å². The first-order valence-electron chi connectivity index (χ1n) is 10.1. The van der Waals surface area contributed by atoms with Crippen molar-refractivity contribution in [1.29, 1.82) is 0 Å². The van der Waals surface area contributed by atoms with Gasteiger partial charge in [-0.3, -0.25) is 10.1 Å². The average Bonchev–Trinajstić information content (AvgIpc) is 3.22. The zero-order valence-corrected chi connectivity index (χ0v) is 19.1. The van der Waals surface area contributed by atoms with Crippen LogP contribution in [0.5, 0.6) is 11.5 Å². The Kier molecular flexibility index (Phi) is 6.50. The topological polar surface area (TPSA) is 124 Å². The largest absolute Gasteiger partial charge is 0.493 e. The minimum absolute atomic E-state index is 0.0836. The van der Waals surface area contributed by atoms with Gasteiger partial charge in [0, 0.05) is 6.54 Å². The van der Waals surface area contributed by atoms with Crippen molar-refractivity contribution in [3.8, 4) is 11.5 Å². The molecule has 0 aliphatic heterocycles. The number of benzene rings is 2. The van der Waals surface area contributed by atoms with Crippen LogP contribution in [0.3, 0.4) is 0 Å². The molecule has 170 valence electrons. The van der Waals surface area contributed by atoms with Gasteiger partial charge < -0.3 is 20.1 Å². The highest BCUT2D eigenvalue weighted by molar-refractivity contribution is 7.22. The van der Waals surface area contributed by atoms with Crippen molar-refractivity contribution < 1.29 is 14.4 Å². The number of hydrogen-bond acceptors (Lipinski definition) is 10. The second-order valence-corrected chi connectivity index (χ2v) is 8.14. The van der Waals surface area contributed by atoms with Gasteiger partial charge >= 0.3 is 5.69 Å². The van der Waals surface area contributed by atoms with Crippen molar-refractivity contribution >= 4 is 44.0 Å². The fourth-order valence-electron chi connectivity index (χ4n) is 3.37. The Morgan fingerprint density at radius 1 is 1.09 bits per heavy atom. The van der Waals surface area contributed by atoms with Crippen molar-refractivity contribution in [2.75, 3.05) is 31.4 Å². The lowest BCUT2D eigenvalue weighted by Crippen LogP contribution is -2.11. The normalized spacial score (nSPS) is 10.8. The number of fused-ring (bicyclic) bond motifs is 1. The van der Waals surface area contributed by atoms with Gasteiger partial charge in [0.15, 0.2) is 16.6 Å². The van der Waals surface area contributed by atoms with Crippen molar-refractivity contribution in [1.82, 2.24) is 15.0 Å². The fourth-order valence-corrected chi connectivity index (χ4v) is 4.32. The van der Waals surface area contributed by atoms with Crippen LogP contribution in [0.4, 0.5) is 22.5 Å². The predicted molar refractivity (Wildman–Crippen MR) is 128 cm³/mol. The summed E-state index contributed by atoms with van der Waals surface area (Å²) in [7, 11) is 3.15. The zero-order valence-electron chi connectivity index (χ0n) is 18.3. The first-order chi connectivity index (χ1) is 16.0. The van der Waals surface area contributed by atoms with E-state index in [2.05, 4.69) is 25.6 Å². The van der Waals surface area contributed by atoms with Crippen molar-refractivity contribution in [2.24, 2.45) is 0 Å². The Morgan fingerprint density at radius 2 is 1.88 bits per heavy atom. The maximum atomic E-state index is 11.8. The Hall–Kier alpha value is -3.99. The first-order valence-corrected chi connectivity index (χ1v) is 10.9. The van der Waals surface area contributed by atoms with Crippen molar-refractivity contribution in [2.45, 2.75) is 13.3 Å². The molecule has 10 nitrogen and oxygen atoms in total. The molecule has 0 saturated carbocycles. The first kappa shape index (κ1) is 22.2. The molecule has 2 heterocycles. The second kappa shape index (κ2) is 9.65. The lowest BCUT2D eigenvalue weighted by atomic mass is 10.1. The van der Waals surface area contributed by atoms with Crippen LogP contribution in [0.15, 0.2) is 42.7 Å². The van der Waals surface area contributed by atoms with Gasteiger partial charge in [0.2, 0.25) is 11.6 Å². The number of nitrogens with one attached hydrogen (secondary N) is 2. The summed E-state index contributed by atoms with van der Waals surface area (Å²) in [5, 5.41) is 18.4. The van der Waals surface area contributed by atoms with Crippen LogP contribution in [-0.4, -0.2) is 40.6 Å². The highest BCUT2D eigenvalue weighted by Crippen LogP contribution is 2.35. The van der Waals surface area contributed by atoms with Gasteiger partial charge in [-0.05, 0) is 42.7 Å². The van der Waals surface area contributed by atoms with Gasteiger partial charge in [0.25, 0.3) is 0 Å². The van der Waals surface area contributed by atoms with E-state index in [0.29, 0.717) is 29.6 Å². The maximum absolute atomic E-state index is 11.8. The molecule has 2 N–H and O–H groups in total. The monoisotopic (exact) mass is 466 g/mol. The molecule has 4 aromatic rings. The van der Waals surface area contributed by atoms with Crippen LogP contribution in [0.2, 0.25) is 0 Å². The molecule has 4 rings (SSSR count). The number of aromatic nitrogens is 3. The van der Waals surface area contributed by atoms with Gasteiger partial charge in [0.05, 0.1) is 29.4 Å². The molecule has 0 aliphatic carbocycles. The number of methoxy groups -OCH3 is 2. The average molecular weight is 467 g/mol. The van der Waals surface area contributed by atoms with Gasteiger partial charge in [0.1, 0.15) is 6.33 Å². The summed E-state index contributed by atoms with van der Waals surface area (Å²) < 4.78 is 11.6. The Balaban J connectivity index is 1.52. The number of nitrogens with zero attached hydrogens (tertiary/aromatic N) is 4. The van der Waals surface area contributed by atoms with Gasteiger partial charge in [-0.2, -0.15) is 0 Å². The number of anilines is 3. The van der Waals surface area contributed by atoms with E-state index in [-0.39, 0.29) is 17.3 Å². The Bertz CT molecular complexity index is 1310. The quantitative estimate of drug-likeness (QED) is 0.266. The smallest absolute Gasteiger partial charge is 0.353 e. The number of para-hydroxylation sites is 1. The minimum atomic E-state index is -0.500. The zero-order chi connectivity index (χ0) is 23.4. The van der Waals surface area contributed by atoms with E-state index in [9.17, 15) is 10.1 Å². The number of nitro groups is 1. The highest BCUT2D eigenvalue weighted by Gasteiger charge is 2.24. The fraction of sp³-hybridized carbons (Fsp3) is 0.227. The molecular formula is C22H22N6O4S. The van der Waals surface area contributed by atoms with Crippen molar-refractivity contribution in [3.63, 3.8) is 0 Å². The molecule has 0 unspecified atom stereocenters.